The van der Waals surface area contributed by atoms with Crippen LogP contribution in [0.5, 0.6) is 0 Å². The molecule has 0 saturated carbocycles. The predicted octanol–water partition coefficient (Wildman–Crippen LogP) is 1.03. The third kappa shape index (κ3) is 2.86. The summed E-state index contributed by atoms with van der Waals surface area (Å²) in [5.74, 6) is -4.66. The molecule has 4 rings (SSSR count). The minimum absolute atomic E-state index is 0.151. The van der Waals surface area contributed by atoms with Crippen molar-refractivity contribution in [1.29, 1.82) is 0 Å². The highest BCUT2D eigenvalue weighted by atomic mass is 19.3. The Labute approximate surface area is 153 Å². The van der Waals surface area contributed by atoms with Crippen LogP contribution in [0.3, 0.4) is 0 Å². The molecule has 2 aliphatic rings. The molecule has 0 spiro atoms. The highest BCUT2D eigenvalue weighted by molar-refractivity contribution is 6.00. The maximum absolute atomic E-state index is 14.3. The van der Waals surface area contributed by atoms with Gasteiger partial charge >= 0.3 is 5.69 Å². The number of carbonyl (C=O) groups is 2. The van der Waals surface area contributed by atoms with Crippen molar-refractivity contribution in [3.63, 3.8) is 0 Å². The molecule has 2 unspecified atom stereocenters. The Morgan fingerprint density at radius 2 is 1.93 bits per heavy atom. The number of aryl methyl sites for hydroxylation is 1. The molecular weight excluding hydrogens is 358 g/mol. The maximum Gasteiger partial charge on any atom is 0.329 e. The number of hydrogen-bond acceptors (Lipinski definition) is 4. The first-order valence-electron chi connectivity index (χ1n) is 8.92. The number of piperidine rings is 2. The second-order valence-electron chi connectivity index (χ2n) is 7.21. The van der Waals surface area contributed by atoms with Crippen molar-refractivity contribution in [2.45, 2.75) is 37.1 Å². The number of hydrogen-bond donors (Lipinski definition) is 2. The van der Waals surface area contributed by atoms with Gasteiger partial charge in [0.1, 0.15) is 6.04 Å². The van der Waals surface area contributed by atoms with E-state index in [9.17, 15) is 23.2 Å². The first-order valence-corrected chi connectivity index (χ1v) is 8.92. The molecule has 3 heterocycles. The molecule has 1 aromatic carbocycles. The van der Waals surface area contributed by atoms with Gasteiger partial charge < -0.3 is 5.32 Å². The number of amides is 2. The number of carbonyl (C=O) groups excluding carboxylic acids is 2. The maximum atomic E-state index is 14.3. The highest BCUT2D eigenvalue weighted by Gasteiger charge is 2.42. The summed E-state index contributed by atoms with van der Waals surface area (Å²) in [5.41, 5.74) is 1.06. The van der Waals surface area contributed by atoms with Crippen molar-refractivity contribution < 1.29 is 18.4 Å². The number of imide groups is 1. The van der Waals surface area contributed by atoms with Gasteiger partial charge in [-0.2, -0.15) is 0 Å². The van der Waals surface area contributed by atoms with E-state index in [-0.39, 0.29) is 25.3 Å². The Morgan fingerprint density at radius 1 is 1.15 bits per heavy atom. The van der Waals surface area contributed by atoms with Crippen molar-refractivity contribution >= 4 is 22.8 Å². The SMILES string of the molecule is Cn1c(=O)n(C2CCC(=O)NC2=O)c2ccc(C3CCNCC3(F)F)cc21. The molecule has 0 radical (unpaired) electrons. The summed E-state index contributed by atoms with van der Waals surface area (Å²) >= 11 is 0. The number of nitrogens with zero attached hydrogens (tertiary/aromatic N) is 2. The number of nitrogens with one attached hydrogen (secondary N) is 2. The Morgan fingerprint density at radius 3 is 2.63 bits per heavy atom. The van der Waals surface area contributed by atoms with Crippen LogP contribution in [-0.4, -0.2) is 40.0 Å². The summed E-state index contributed by atoms with van der Waals surface area (Å²) < 4.78 is 31.3. The zero-order valence-electron chi connectivity index (χ0n) is 14.8. The second-order valence-corrected chi connectivity index (χ2v) is 7.21. The molecule has 2 N–H and O–H groups in total. The van der Waals surface area contributed by atoms with E-state index in [1.165, 1.54) is 9.13 Å². The van der Waals surface area contributed by atoms with Gasteiger partial charge in [-0.1, -0.05) is 6.07 Å². The van der Waals surface area contributed by atoms with Crippen molar-refractivity contribution in [3.05, 3.63) is 34.2 Å². The van der Waals surface area contributed by atoms with Crippen molar-refractivity contribution in [2.24, 2.45) is 7.05 Å². The Balaban J connectivity index is 1.80. The molecule has 9 heteroatoms. The van der Waals surface area contributed by atoms with Gasteiger partial charge in [-0.3, -0.25) is 24.0 Å². The fourth-order valence-corrected chi connectivity index (χ4v) is 4.07. The molecule has 0 aliphatic carbocycles. The van der Waals surface area contributed by atoms with Gasteiger partial charge in [0.15, 0.2) is 0 Å². The second kappa shape index (κ2) is 6.26. The lowest BCUT2D eigenvalue weighted by molar-refractivity contribution is -0.135. The summed E-state index contributed by atoms with van der Waals surface area (Å²) in [6.45, 7) is 0.139. The average molecular weight is 378 g/mol. The largest absolute Gasteiger partial charge is 0.329 e. The minimum Gasteiger partial charge on any atom is -0.311 e. The van der Waals surface area contributed by atoms with E-state index in [1.807, 2.05) is 0 Å². The van der Waals surface area contributed by atoms with Crippen LogP contribution in [0.2, 0.25) is 0 Å². The molecule has 2 atom stereocenters. The van der Waals surface area contributed by atoms with Crippen LogP contribution in [0.25, 0.3) is 11.0 Å². The number of fused-ring (bicyclic) bond motifs is 1. The van der Waals surface area contributed by atoms with Crippen molar-refractivity contribution in [1.82, 2.24) is 19.8 Å². The normalized spacial score (nSPS) is 25.6. The summed E-state index contributed by atoms with van der Waals surface area (Å²) in [6, 6.07) is 4.05. The van der Waals surface area contributed by atoms with Crippen LogP contribution in [0.4, 0.5) is 8.78 Å². The van der Waals surface area contributed by atoms with Gasteiger partial charge in [0.2, 0.25) is 11.8 Å². The predicted molar refractivity (Wildman–Crippen MR) is 93.8 cm³/mol. The number of aromatic nitrogens is 2. The molecular formula is C18H20F2N4O3. The van der Waals surface area contributed by atoms with Crippen molar-refractivity contribution in [2.75, 3.05) is 13.1 Å². The van der Waals surface area contributed by atoms with Crippen LogP contribution in [0, 0.1) is 0 Å². The van der Waals surface area contributed by atoms with Gasteiger partial charge in [0, 0.05) is 13.5 Å². The average Bonchev–Trinajstić information content (AvgIpc) is 2.86. The lowest BCUT2D eigenvalue weighted by Gasteiger charge is -2.32. The van der Waals surface area contributed by atoms with Crippen LogP contribution in [-0.2, 0) is 16.6 Å². The third-order valence-electron chi connectivity index (χ3n) is 5.52. The van der Waals surface area contributed by atoms with Crippen LogP contribution in [0.1, 0.15) is 36.8 Å². The minimum atomic E-state index is -2.86. The molecule has 2 fully saturated rings. The molecule has 0 bridgehead atoms. The number of imidazole rings is 1. The summed E-state index contributed by atoms with van der Waals surface area (Å²) in [6.07, 6.45) is 0.691. The fraction of sp³-hybridized carbons (Fsp3) is 0.500. The number of halogens is 2. The van der Waals surface area contributed by atoms with Crippen LogP contribution >= 0.6 is 0 Å². The zero-order chi connectivity index (χ0) is 19.3. The smallest absolute Gasteiger partial charge is 0.311 e. The number of rotatable bonds is 2. The molecule has 2 aliphatic heterocycles. The van der Waals surface area contributed by atoms with Crippen LogP contribution in [0.15, 0.2) is 23.0 Å². The summed E-state index contributed by atoms with van der Waals surface area (Å²) in [4.78, 5) is 36.3. The molecule has 27 heavy (non-hydrogen) atoms. The van der Waals surface area contributed by atoms with Gasteiger partial charge in [-0.05, 0) is 37.1 Å². The summed E-state index contributed by atoms with van der Waals surface area (Å²) in [5, 5.41) is 4.96. The Bertz CT molecular complexity index is 994. The zero-order valence-corrected chi connectivity index (χ0v) is 14.8. The first kappa shape index (κ1) is 17.8. The topological polar surface area (TPSA) is 85.1 Å². The number of benzene rings is 1. The fourth-order valence-electron chi connectivity index (χ4n) is 4.07. The van der Waals surface area contributed by atoms with E-state index in [1.54, 1.807) is 25.2 Å². The quantitative estimate of drug-likeness (QED) is 0.765. The third-order valence-corrected chi connectivity index (χ3v) is 5.52. The standard InChI is InChI=1S/C18H20F2N4O3/c1-23-14-8-10(11-6-7-21-9-18(11,19)20)2-3-12(14)24(17(23)27)13-4-5-15(25)22-16(13)26/h2-3,8,11,13,21H,4-7,9H2,1H3,(H,22,25,26). The van der Waals surface area contributed by atoms with Gasteiger partial charge in [0.25, 0.3) is 5.92 Å². The van der Waals surface area contributed by atoms with E-state index in [0.29, 0.717) is 29.6 Å². The van der Waals surface area contributed by atoms with Crippen molar-refractivity contribution in [3.8, 4) is 0 Å². The molecule has 2 aromatic rings. The lowest BCUT2D eigenvalue weighted by atomic mass is 9.87. The molecule has 2 saturated heterocycles. The monoisotopic (exact) mass is 378 g/mol. The molecule has 2 amide bonds. The lowest BCUT2D eigenvalue weighted by Crippen LogP contribution is -2.44. The molecule has 1 aromatic heterocycles. The van der Waals surface area contributed by atoms with E-state index in [4.69, 9.17) is 0 Å². The van der Waals surface area contributed by atoms with E-state index >= 15 is 0 Å². The van der Waals surface area contributed by atoms with Gasteiger partial charge in [-0.25, -0.2) is 13.6 Å². The van der Waals surface area contributed by atoms with Gasteiger partial charge in [-0.15, -0.1) is 0 Å². The summed E-state index contributed by atoms with van der Waals surface area (Å²) in [7, 11) is 1.55. The van der Waals surface area contributed by atoms with E-state index in [2.05, 4.69) is 10.6 Å². The Hall–Kier alpha value is -2.55. The Kier molecular flexibility index (Phi) is 4.14. The van der Waals surface area contributed by atoms with E-state index < -0.39 is 29.5 Å². The first-order chi connectivity index (χ1) is 12.8. The highest BCUT2D eigenvalue weighted by Crippen LogP contribution is 2.38. The van der Waals surface area contributed by atoms with Gasteiger partial charge in [0.05, 0.1) is 23.5 Å². The van der Waals surface area contributed by atoms with Crippen LogP contribution < -0.4 is 16.3 Å². The number of alkyl halides is 2. The van der Waals surface area contributed by atoms with E-state index in [0.717, 1.165) is 0 Å². The molecule has 7 nitrogen and oxygen atoms in total. The molecule has 144 valence electrons.